The van der Waals surface area contributed by atoms with Gasteiger partial charge < -0.3 is 13.4 Å². The molecule has 105 heavy (non-hydrogen) atoms. The second-order valence-corrected chi connectivity index (χ2v) is 27.0. The lowest BCUT2D eigenvalue weighted by atomic mass is 9.96. The van der Waals surface area contributed by atoms with Gasteiger partial charge in [-0.1, -0.05) is 279 Å². The summed E-state index contributed by atoms with van der Waals surface area (Å²) in [6, 6.07) is 117. The maximum atomic E-state index is 6.66. The highest BCUT2D eigenvalue weighted by molar-refractivity contribution is 6.31. The molecule has 9 nitrogen and oxygen atoms in total. The fourth-order valence-corrected chi connectivity index (χ4v) is 15.6. The largest absolute Gasteiger partial charge is 0.456 e. The zero-order valence-electron chi connectivity index (χ0n) is 56.4. The van der Waals surface area contributed by atoms with Crippen LogP contribution in [0, 0.1) is 0 Å². The Bertz CT molecular complexity index is 6900. The topological polar surface area (TPSA) is 109 Å². The molecule has 0 bridgehead atoms. The second-order valence-electron chi connectivity index (χ2n) is 26.5. The molecular formula is C95H58ClN7O2. The molecule has 0 saturated carbocycles. The van der Waals surface area contributed by atoms with Crippen molar-refractivity contribution in [1.82, 2.24) is 34.5 Å². The Morgan fingerprint density at radius 1 is 0.257 bits per heavy atom. The predicted molar refractivity (Wildman–Crippen MR) is 431 cm³/mol. The summed E-state index contributed by atoms with van der Waals surface area (Å²) in [5.74, 6) is 3.71. The van der Waals surface area contributed by atoms with Crippen molar-refractivity contribution in [3.63, 3.8) is 0 Å². The van der Waals surface area contributed by atoms with Crippen LogP contribution in [-0.4, -0.2) is 34.5 Å². The van der Waals surface area contributed by atoms with E-state index in [-0.39, 0.29) is 0 Å². The van der Waals surface area contributed by atoms with Gasteiger partial charge >= 0.3 is 0 Å². The summed E-state index contributed by atoms with van der Waals surface area (Å²) in [6.45, 7) is 0. The van der Waals surface area contributed by atoms with E-state index in [1.54, 1.807) is 0 Å². The lowest BCUT2D eigenvalue weighted by Crippen LogP contribution is -2.00. The average Bonchev–Trinajstić information content (AvgIpc) is 1.57. The van der Waals surface area contributed by atoms with E-state index >= 15 is 0 Å². The Hall–Kier alpha value is -13.7. The van der Waals surface area contributed by atoms with Crippen molar-refractivity contribution in [2.75, 3.05) is 0 Å². The molecule has 0 saturated heterocycles. The van der Waals surface area contributed by atoms with Gasteiger partial charge in [-0.3, -0.25) is 0 Å². The molecule has 1 aliphatic rings. The van der Waals surface area contributed by atoms with Crippen molar-refractivity contribution >= 4 is 120 Å². The maximum absolute atomic E-state index is 6.66. The quantitative estimate of drug-likeness (QED) is 0.155. The SMILES string of the molecule is Clc1ccc2c(c1)oc1cccc(-c3nc(-c4ccccc4)nc(-c4ccccc4)n3)c12.c1ccc(-c2nc(-c3ccccc3)nc(-c3cccc4oc5cc(-n6c7cc8ccccc8cc7c7c8ccccc8ccc76)ccc5c34)n2)cc1.c1ccc2cc3c(cc2c1)Cc1ccc2ccccc2c1-3. The molecule has 0 N–H and O–H groups in total. The third kappa shape index (κ3) is 10.9. The highest BCUT2D eigenvalue weighted by Crippen LogP contribution is 2.46. The van der Waals surface area contributed by atoms with E-state index in [1.807, 2.05) is 170 Å². The van der Waals surface area contributed by atoms with Crippen LogP contribution in [0.5, 0.6) is 0 Å². The van der Waals surface area contributed by atoms with Gasteiger partial charge in [0.2, 0.25) is 0 Å². The molecular weight excluding hydrogens is 1310 g/mol. The van der Waals surface area contributed by atoms with E-state index in [1.165, 1.54) is 76.1 Å². The summed E-state index contributed by atoms with van der Waals surface area (Å²) in [6.07, 6.45) is 1.06. The maximum Gasteiger partial charge on any atom is 0.164 e. The van der Waals surface area contributed by atoms with E-state index in [9.17, 15) is 0 Å². The summed E-state index contributed by atoms with van der Waals surface area (Å²) < 4.78 is 15.1. The normalized spacial score (nSPS) is 11.8. The van der Waals surface area contributed by atoms with E-state index in [0.717, 1.165) is 100 Å². The van der Waals surface area contributed by atoms with Gasteiger partial charge in [-0.05, 0) is 132 Å². The third-order valence-electron chi connectivity index (χ3n) is 20.2. The minimum atomic E-state index is 0.598. The molecule has 5 aromatic heterocycles. The minimum absolute atomic E-state index is 0.598. The zero-order chi connectivity index (χ0) is 69.5. The Balaban J connectivity index is 0.000000117. The summed E-state index contributed by atoms with van der Waals surface area (Å²) in [5.41, 5.74) is 17.7. The molecule has 10 heteroatoms. The van der Waals surface area contributed by atoms with E-state index in [0.29, 0.717) is 40.0 Å². The molecule has 0 radical (unpaired) electrons. The first-order valence-corrected chi connectivity index (χ1v) is 35.5. The molecule has 5 heterocycles. The van der Waals surface area contributed by atoms with E-state index in [4.69, 9.17) is 50.3 Å². The summed E-state index contributed by atoms with van der Waals surface area (Å²) in [5, 5.41) is 17.3. The molecule has 0 aliphatic heterocycles. The van der Waals surface area contributed by atoms with Crippen LogP contribution in [0.3, 0.4) is 0 Å². The van der Waals surface area contributed by atoms with Crippen molar-refractivity contribution in [3.8, 4) is 85.1 Å². The summed E-state index contributed by atoms with van der Waals surface area (Å²) in [7, 11) is 0. The van der Waals surface area contributed by atoms with Crippen molar-refractivity contribution in [3.05, 3.63) is 356 Å². The second kappa shape index (κ2) is 25.4. The zero-order valence-corrected chi connectivity index (χ0v) is 57.1. The molecule has 22 rings (SSSR count). The van der Waals surface area contributed by atoms with Crippen LogP contribution < -0.4 is 0 Å². The van der Waals surface area contributed by atoms with Crippen molar-refractivity contribution in [2.45, 2.75) is 6.42 Å². The fraction of sp³-hybridized carbons (Fsp3) is 0.0105. The third-order valence-corrected chi connectivity index (χ3v) is 20.5. The number of hydrogen-bond acceptors (Lipinski definition) is 8. The van der Waals surface area contributed by atoms with Crippen LogP contribution in [0.2, 0.25) is 5.02 Å². The van der Waals surface area contributed by atoms with Crippen LogP contribution in [0.1, 0.15) is 11.1 Å². The number of aromatic nitrogens is 7. The molecule has 0 amide bonds. The highest BCUT2D eigenvalue weighted by Gasteiger charge is 2.25. The van der Waals surface area contributed by atoms with Gasteiger partial charge in [-0.15, -0.1) is 0 Å². The molecule has 0 fully saturated rings. The van der Waals surface area contributed by atoms with Crippen LogP contribution >= 0.6 is 11.6 Å². The smallest absolute Gasteiger partial charge is 0.164 e. The number of furan rings is 2. The van der Waals surface area contributed by atoms with Crippen molar-refractivity contribution < 1.29 is 8.83 Å². The van der Waals surface area contributed by atoms with Gasteiger partial charge in [-0.25, -0.2) is 29.9 Å². The van der Waals surface area contributed by atoms with Gasteiger partial charge in [0.15, 0.2) is 34.9 Å². The standard InChI is InChI=1S/C47H28N4O.C27H16ClN3O.C21H14/c1-3-13-30(14-4-1)45-48-46(31-15-5-2-6-16-31)50-47(49-45)37-20-11-21-41-44(37)36-24-23-34(28-42(36)52-41)51-39-25-22-29-12-9-10-19-35(29)43(39)38-26-32-17-7-8-18-33(32)27-40(38)51;28-19-14-15-20-23(16-19)32-22-13-7-12-21(24(20)22)27-30-25(17-8-3-1-4-9-17)29-26(31-27)18-10-5-2-6-11-18;1-2-7-16-13-20-18(11-15(16)6-1)12-17-10-9-14-5-3-4-8-19(14)21(17)20/h1-28H;1-16H;1-11,13H,12H2. The van der Waals surface area contributed by atoms with Crippen LogP contribution in [0.4, 0.5) is 0 Å². The van der Waals surface area contributed by atoms with Crippen LogP contribution in [-0.2, 0) is 6.42 Å². The first-order chi connectivity index (χ1) is 51.9. The van der Waals surface area contributed by atoms with Gasteiger partial charge in [0.25, 0.3) is 0 Å². The number of hydrogen-bond donors (Lipinski definition) is 0. The lowest BCUT2D eigenvalue weighted by molar-refractivity contribution is 0.668. The Morgan fingerprint density at radius 3 is 1.25 bits per heavy atom. The molecule has 16 aromatic carbocycles. The Morgan fingerprint density at radius 2 is 0.695 bits per heavy atom. The monoisotopic (exact) mass is 1360 g/mol. The Labute approximate surface area is 607 Å². The highest BCUT2D eigenvalue weighted by atomic mass is 35.5. The fourth-order valence-electron chi connectivity index (χ4n) is 15.4. The molecule has 492 valence electrons. The van der Waals surface area contributed by atoms with Gasteiger partial charge in [0, 0.05) is 88.5 Å². The Kier molecular flexibility index (Phi) is 14.8. The molecule has 21 aromatic rings. The van der Waals surface area contributed by atoms with Crippen molar-refractivity contribution in [2.24, 2.45) is 0 Å². The lowest BCUT2D eigenvalue weighted by Gasteiger charge is -2.10. The van der Waals surface area contributed by atoms with Gasteiger partial charge in [-0.2, -0.15) is 0 Å². The number of nitrogens with zero attached hydrogens (tertiary/aromatic N) is 7. The predicted octanol–water partition coefficient (Wildman–Crippen LogP) is 25.2. The number of halogens is 1. The van der Waals surface area contributed by atoms with Gasteiger partial charge in [0.1, 0.15) is 22.3 Å². The number of rotatable bonds is 7. The summed E-state index contributed by atoms with van der Waals surface area (Å²) in [4.78, 5) is 29.5. The minimum Gasteiger partial charge on any atom is -0.456 e. The first kappa shape index (κ1) is 61.2. The number of fused-ring (bicyclic) bond motifs is 18. The molecule has 0 atom stereocenters. The van der Waals surface area contributed by atoms with Crippen LogP contribution in [0.25, 0.3) is 194 Å². The summed E-state index contributed by atoms with van der Waals surface area (Å²) >= 11 is 6.19. The van der Waals surface area contributed by atoms with E-state index in [2.05, 4.69) is 174 Å². The molecule has 0 unspecified atom stereocenters. The average molecular weight is 1370 g/mol. The number of benzene rings is 16. The molecule has 1 aliphatic carbocycles. The molecule has 0 spiro atoms. The van der Waals surface area contributed by atoms with Gasteiger partial charge in [0.05, 0.1) is 11.0 Å². The van der Waals surface area contributed by atoms with Crippen molar-refractivity contribution in [1.29, 1.82) is 0 Å². The van der Waals surface area contributed by atoms with Crippen LogP contribution in [0.15, 0.2) is 349 Å². The first-order valence-electron chi connectivity index (χ1n) is 35.1. The van der Waals surface area contributed by atoms with E-state index < -0.39 is 0 Å².